The van der Waals surface area contributed by atoms with E-state index in [1.165, 1.54) is 0 Å². The van der Waals surface area contributed by atoms with E-state index in [2.05, 4.69) is 27.8 Å². The first kappa shape index (κ1) is 23.9. The topological polar surface area (TPSA) is 64.1 Å². The summed E-state index contributed by atoms with van der Waals surface area (Å²) in [5, 5.41) is 6.57. The van der Waals surface area contributed by atoms with Gasteiger partial charge in [-0.15, -0.1) is 24.0 Å². The van der Waals surface area contributed by atoms with E-state index in [4.69, 9.17) is 14.2 Å². The van der Waals surface area contributed by atoms with Crippen molar-refractivity contribution in [2.75, 3.05) is 41.0 Å². The van der Waals surface area contributed by atoms with Crippen molar-refractivity contribution >= 4 is 29.9 Å². The lowest BCUT2D eigenvalue weighted by molar-refractivity contribution is 0.0268. The van der Waals surface area contributed by atoms with E-state index in [0.29, 0.717) is 26.3 Å². The zero-order chi connectivity index (χ0) is 18.0. The van der Waals surface area contributed by atoms with Gasteiger partial charge in [-0.05, 0) is 32.4 Å². The number of nitrogens with zero attached hydrogens (tertiary/aromatic N) is 1. The van der Waals surface area contributed by atoms with Crippen LogP contribution in [0.25, 0.3) is 0 Å². The Balaban J connectivity index is 0.00000576. The maximum atomic E-state index is 5.81. The van der Waals surface area contributed by atoms with Gasteiger partial charge in [-0.3, -0.25) is 4.99 Å². The highest BCUT2D eigenvalue weighted by molar-refractivity contribution is 14.0. The van der Waals surface area contributed by atoms with E-state index in [1.54, 1.807) is 21.3 Å². The average Bonchev–Trinajstić information content (AvgIpc) is 2.56. The van der Waals surface area contributed by atoms with Gasteiger partial charge >= 0.3 is 0 Å². The van der Waals surface area contributed by atoms with Crippen LogP contribution in [0.2, 0.25) is 0 Å². The molecule has 6 nitrogen and oxygen atoms in total. The molecule has 0 bridgehead atoms. The zero-order valence-electron chi connectivity index (χ0n) is 16.1. The number of hydrogen-bond donors (Lipinski definition) is 2. The van der Waals surface area contributed by atoms with Crippen molar-refractivity contribution in [1.82, 2.24) is 10.6 Å². The number of rotatable bonds is 9. The lowest BCUT2D eigenvalue weighted by Crippen LogP contribution is -2.45. The predicted molar refractivity (Wildman–Crippen MR) is 113 cm³/mol. The molecular formula is C18H32IN3O3. The second-order valence-electron chi connectivity index (χ2n) is 6.20. The molecule has 0 radical (unpaired) electrons. The number of benzene rings is 1. The van der Waals surface area contributed by atoms with E-state index in [9.17, 15) is 0 Å². The van der Waals surface area contributed by atoms with E-state index >= 15 is 0 Å². The molecule has 0 aliphatic rings. The molecule has 1 rings (SSSR count). The molecule has 144 valence electrons. The van der Waals surface area contributed by atoms with Gasteiger partial charge in [-0.1, -0.05) is 12.1 Å². The Morgan fingerprint density at radius 3 is 2.48 bits per heavy atom. The van der Waals surface area contributed by atoms with Crippen molar-refractivity contribution in [3.05, 3.63) is 29.3 Å². The number of nitrogens with one attached hydrogen (secondary N) is 2. The van der Waals surface area contributed by atoms with Gasteiger partial charge in [0.15, 0.2) is 5.96 Å². The number of halogens is 1. The fourth-order valence-corrected chi connectivity index (χ4v) is 1.95. The Morgan fingerprint density at radius 2 is 1.88 bits per heavy atom. The van der Waals surface area contributed by atoms with Crippen LogP contribution in [0.1, 0.15) is 25.0 Å². The third-order valence-corrected chi connectivity index (χ3v) is 3.67. The summed E-state index contributed by atoms with van der Waals surface area (Å²) in [6.45, 7) is 8.47. The Hall–Kier alpha value is -1.06. The van der Waals surface area contributed by atoms with E-state index in [1.807, 2.05) is 26.8 Å². The summed E-state index contributed by atoms with van der Waals surface area (Å²) in [5.41, 5.74) is 1.98. The number of hydrogen-bond acceptors (Lipinski definition) is 4. The average molecular weight is 465 g/mol. The molecule has 0 spiro atoms. The predicted octanol–water partition coefficient (Wildman–Crippen LogP) is 2.73. The van der Waals surface area contributed by atoms with Crippen LogP contribution < -0.4 is 15.4 Å². The molecule has 1 aromatic rings. The van der Waals surface area contributed by atoms with Crippen LogP contribution in [-0.2, 0) is 16.0 Å². The van der Waals surface area contributed by atoms with Crippen LogP contribution in [0.4, 0.5) is 0 Å². The summed E-state index contributed by atoms with van der Waals surface area (Å²) in [6, 6.07) is 6.18. The van der Waals surface area contributed by atoms with Gasteiger partial charge in [0.25, 0.3) is 0 Å². The highest BCUT2D eigenvalue weighted by Gasteiger charge is 2.16. The normalized spacial score (nSPS) is 11.7. The van der Waals surface area contributed by atoms with Crippen molar-refractivity contribution in [1.29, 1.82) is 0 Å². The number of guanidine groups is 1. The highest BCUT2D eigenvalue weighted by atomic mass is 127. The van der Waals surface area contributed by atoms with Crippen LogP contribution >= 0.6 is 24.0 Å². The third kappa shape index (κ3) is 9.27. The van der Waals surface area contributed by atoms with Crippen molar-refractivity contribution in [3.63, 3.8) is 0 Å². The van der Waals surface area contributed by atoms with Gasteiger partial charge in [0.05, 0.1) is 12.2 Å². The van der Waals surface area contributed by atoms with Crippen molar-refractivity contribution in [3.8, 4) is 5.75 Å². The number of ether oxygens (including phenoxy) is 3. The smallest absolute Gasteiger partial charge is 0.191 e. The van der Waals surface area contributed by atoms with E-state index in [-0.39, 0.29) is 29.6 Å². The Morgan fingerprint density at radius 1 is 1.16 bits per heavy atom. The fourth-order valence-electron chi connectivity index (χ4n) is 1.95. The quantitative estimate of drug-likeness (QED) is 0.254. The van der Waals surface area contributed by atoms with E-state index < -0.39 is 0 Å². The molecule has 0 saturated heterocycles. The Kier molecular flexibility index (Phi) is 11.8. The maximum absolute atomic E-state index is 5.81. The summed E-state index contributed by atoms with van der Waals surface area (Å²) in [5.74, 6) is 1.59. The molecule has 0 amide bonds. The summed E-state index contributed by atoms with van der Waals surface area (Å²) in [4.78, 5) is 4.24. The molecule has 25 heavy (non-hydrogen) atoms. The molecule has 0 aromatic heterocycles. The summed E-state index contributed by atoms with van der Waals surface area (Å²) in [7, 11) is 5.12. The largest absolute Gasteiger partial charge is 0.491 e. The molecular weight excluding hydrogens is 433 g/mol. The first-order chi connectivity index (χ1) is 11.4. The molecule has 7 heteroatoms. The monoisotopic (exact) mass is 465 g/mol. The second-order valence-corrected chi connectivity index (χ2v) is 6.20. The summed E-state index contributed by atoms with van der Waals surface area (Å²) < 4.78 is 16.3. The minimum atomic E-state index is -0.254. The first-order valence-corrected chi connectivity index (χ1v) is 8.13. The lowest BCUT2D eigenvalue weighted by atomic mass is 10.1. The highest BCUT2D eigenvalue weighted by Crippen LogP contribution is 2.20. The molecule has 0 saturated carbocycles. The van der Waals surface area contributed by atoms with Gasteiger partial charge in [0.2, 0.25) is 0 Å². The molecule has 1 aromatic carbocycles. The van der Waals surface area contributed by atoms with Crippen molar-refractivity contribution in [2.24, 2.45) is 4.99 Å². The number of methoxy groups -OCH3 is 2. The number of aryl methyl sites for hydroxylation is 1. The minimum absolute atomic E-state index is 0. The van der Waals surface area contributed by atoms with Crippen LogP contribution in [-0.4, -0.2) is 52.6 Å². The van der Waals surface area contributed by atoms with E-state index in [0.717, 1.165) is 22.8 Å². The van der Waals surface area contributed by atoms with Gasteiger partial charge in [0.1, 0.15) is 12.4 Å². The van der Waals surface area contributed by atoms with Gasteiger partial charge in [-0.25, -0.2) is 0 Å². The first-order valence-electron chi connectivity index (χ1n) is 8.13. The minimum Gasteiger partial charge on any atom is -0.491 e. The molecule has 0 aliphatic heterocycles. The van der Waals surface area contributed by atoms with Crippen LogP contribution in [0, 0.1) is 6.92 Å². The zero-order valence-corrected chi connectivity index (χ0v) is 18.5. The molecule has 2 N–H and O–H groups in total. The molecule has 0 heterocycles. The van der Waals surface area contributed by atoms with Gasteiger partial charge in [0, 0.05) is 39.9 Å². The van der Waals surface area contributed by atoms with Crippen LogP contribution in [0.15, 0.2) is 23.2 Å². The number of aliphatic imine (C=N–C) groups is 1. The maximum Gasteiger partial charge on any atom is 0.191 e. The Bertz CT molecular complexity index is 536. The van der Waals surface area contributed by atoms with Gasteiger partial charge < -0.3 is 24.8 Å². The van der Waals surface area contributed by atoms with Crippen LogP contribution in [0.5, 0.6) is 5.75 Å². The fraction of sp³-hybridized carbons (Fsp3) is 0.611. The van der Waals surface area contributed by atoms with Gasteiger partial charge in [-0.2, -0.15) is 0 Å². The summed E-state index contributed by atoms with van der Waals surface area (Å²) in [6.07, 6.45) is 0. The third-order valence-electron chi connectivity index (χ3n) is 3.67. The second kappa shape index (κ2) is 12.3. The Labute approximate surface area is 168 Å². The van der Waals surface area contributed by atoms with Crippen molar-refractivity contribution < 1.29 is 14.2 Å². The van der Waals surface area contributed by atoms with Crippen LogP contribution in [0.3, 0.4) is 0 Å². The van der Waals surface area contributed by atoms with Crippen molar-refractivity contribution in [2.45, 2.75) is 32.9 Å². The lowest BCUT2D eigenvalue weighted by Gasteiger charge is -2.24. The SMILES string of the molecule is CN=C(NCc1ccc(C)cc1OCCOC)NCC(C)(C)OC.I. The summed E-state index contributed by atoms with van der Waals surface area (Å²) >= 11 is 0. The molecule has 0 atom stereocenters. The molecule has 0 aliphatic carbocycles. The molecule has 0 fully saturated rings. The molecule has 0 unspecified atom stereocenters. The standard InChI is InChI=1S/C18H31N3O3.HI/c1-14-7-8-15(16(11-14)24-10-9-22-5)12-20-17(19-4)21-13-18(2,3)23-6;/h7-8,11H,9-10,12-13H2,1-6H3,(H2,19,20,21);1H.